The van der Waals surface area contributed by atoms with Gasteiger partial charge >= 0.3 is 0 Å². The predicted molar refractivity (Wildman–Crippen MR) is 108 cm³/mol. The van der Waals surface area contributed by atoms with Gasteiger partial charge in [-0.25, -0.2) is 4.98 Å². The molecule has 2 aromatic carbocycles. The highest BCUT2D eigenvalue weighted by Gasteiger charge is 2.16. The summed E-state index contributed by atoms with van der Waals surface area (Å²) >= 11 is 1.51. The van der Waals surface area contributed by atoms with E-state index in [0.29, 0.717) is 21.8 Å². The second-order valence-electron chi connectivity index (χ2n) is 6.48. The van der Waals surface area contributed by atoms with Gasteiger partial charge in [0.25, 0.3) is 5.56 Å². The molecule has 0 spiro atoms. The minimum absolute atomic E-state index is 0.0642. The van der Waals surface area contributed by atoms with E-state index in [4.69, 9.17) is 9.51 Å². The van der Waals surface area contributed by atoms with Gasteiger partial charge in [-0.15, -0.1) is 0 Å². The highest BCUT2D eigenvalue weighted by atomic mass is 32.2. The van der Waals surface area contributed by atoms with Crippen LogP contribution in [0.4, 0.5) is 0 Å². The highest BCUT2D eigenvalue weighted by Crippen LogP contribution is 2.27. The standard InChI is InChI=1S/C21H19N3O2S/c1-13-8-10-16(11-9-13)24-20(25)17-6-4-5-7-19(17)22-21(24)27-12-18-14(2)23-26-15(18)3/h4-11H,12H2,1-3H3. The summed E-state index contributed by atoms with van der Waals surface area (Å²) in [6.07, 6.45) is 0. The SMILES string of the molecule is Cc1ccc(-n2c(SCc3c(C)noc3C)nc3ccccc3c2=O)cc1. The van der Waals surface area contributed by atoms with Crippen molar-refractivity contribution in [3.05, 3.63) is 81.5 Å². The molecule has 2 aromatic heterocycles. The molecule has 6 heteroatoms. The maximum absolute atomic E-state index is 13.2. The van der Waals surface area contributed by atoms with Crippen LogP contribution in [0.15, 0.2) is 63.0 Å². The Hall–Kier alpha value is -2.86. The molecule has 0 bridgehead atoms. The van der Waals surface area contributed by atoms with E-state index in [0.717, 1.165) is 28.3 Å². The molecule has 0 saturated heterocycles. The maximum atomic E-state index is 13.2. The quantitative estimate of drug-likeness (QED) is 0.384. The zero-order valence-electron chi connectivity index (χ0n) is 15.4. The van der Waals surface area contributed by atoms with Crippen molar-refractivity contribution in [1.82, 2.24) is 14.7 Å². The molecule has 4 aromatic rings. The Morgan fingerprint density at radius 1 is 1.04 bits per heavy atom. The van der Waals surface area contributed by atoms with Crippen LogP contribution in [-0.4, -0.2) is 14.7 Å². The first-order valence-electron chi connectivity index (χ1n) is 8.68. The monoisotopic (exact) mass is 377 g/mol. The number of nitrogens with zero attached hydrogens (tertiary/aromatic N) is 3. The number of aryl methyl sites for hydroxylation is 3. The van der Waals surface area contributed by atoms with Gasteiger partial charge in [-0.2, -0.15) is 0 Å². The third-order valence-corrected chi connectivity index (χ3v) is 5.53. The van der Waals surface area contributed by atoms with Crippen molar-refractivity contribution in [2.24, 2.45) is 0 Å². The van der Waals surface area contributed by atoms with E-state index in [-0.39, 0.29) is 5.56 Å². The minimum atomic E-state index is -0.0642. The highest BCUT2D eigenvalue weighted by molar-refractivity contribution is 7.98. The van der Waals surface area contributed by atoms with Crippen molar-refractivity contribution in [3.63, 3.8) is 0 Å². The second kappa shape index (κ2) is 7.04. The van der Waals surface area contributed by atoms with Gasteiger partial charge in [-0.3, -0.25) is 9.36 Å². The first-order chi connectivity index (χ1) is 13.0. The van der Waals surface area contributed by atoms with Crippen LogP contribution in [-0.2, 0) is 5.75 Å². The molecule has 0 saturated carbocycles. The van der Waals surface area contributed by atoms with Crippen molar-refractivity contribution in [2.75, 3.05) is 0 Å². The Bertz CT molecular complexity index is 1160. The van der Waals surface area contributed by atoms with Crippen LogP contribution < -0.4 is 5.56 Å². The number of rotatable bonds is 4. The third kappa shape index (κ3) is 3.28. The van der Waals surface area contributed by atoms with Crippen LogP contribution in [0.25, 0.3) is 16.6 Å². The zero-order valence-corrected chi connectivity index (χ0v) is 16.2. The molecule has 136 valence electrons. The molecule has 4 rings (SSSR count). The fourth-order valence-corrected chi connectivity index (χ4v) is 4.14. The van der Waals surface area contributed by atoms with Crippen molar-refractivity contribution in [2.45, 2.75) is 31.7 Å². The van der Waals surface area contributed by atoms with E-state index in [9.17, 15) is 4.79 Å². The lowest BCUT2D eigenvalue weighted by Gasteiger charge is -2.13. The van der Waals surface area contributed by atoms with Gasteiger partial charge < -0.3 is 4.52 Å². The van der Waals surface area contributed by atoms with Gasteiger partial charge in [-0.05, 0) is 45.0 Å². The van der Waals surface area contributed by atoms with Gasteiger partial charge in [0.05, 0.1) is 22.3 Å². The smallest absolute Gasteiger partial charge is 0.266 e. The van der Waals surface area contributed by atoms with Gasteiger partial charge in [-0.1, -0.05) is 46.7 Å². The number of thioether (sulfide) groups is 1. The molecule has 5 nitrogen and oxygen atoms in total. The number of benzene rings is 2. The van der Waals surface area contributed by atoms with E-state index in [1.165, 1.54) is 11.8 Å². The van der Waals surface area contributed by atoms with Crippen LogP contribution in [0.1, 0.15) is 22.6 Å². The van der Waals surface area contributed by atoms with Gasteiger partial charge in [0.15, 0.2) is 5.16 Å². The van der Waals surface area contributed by atoms with Gasteiger partial charge in [0.2, 0.25) is 0 Å². The Morgan fingerprint density at radius 3 is 2.48 bits per heavy atom. The first-order valence-corrected chi connectivity index (χ1v) is 9.66. The number of hydrogen-bond donors (Lipinski definition) is 0. The zero-order chi connectivity index (χ0) is 19.0. The van der Waals surface area contributed by atoms with Crippen LogP contribution in [0, 0.1) is 20.8 Å². The van der Waals surface area contributed by atoms with E-state index < -0.39 is 0 Å². The molecule has 0 atom stereocenters. The van der Waals surface area contributed by atoms with Crippen LogP contribution in [0.5, 0.6) is 0 Å². The fourth-order valence-electron chi connectivity index (χ4n) is 2.98. The number of aromatic nitrogens is 3. The average molecular weight is 377 g/mol. The number of fused-ring (bicyclic) bond motifs is 1. The average Bonchev–Trinajstić information content (AvgIpc) is 2.99. The normalized spacial score (nSPS) is 11.2. The van der Waals surface area contributed by atoms with Crippen LogP contribution >= 0.6 is 11.8 Å². The molecular formula is C21H19N3O2S. The van der Waals surface area contributed by atoms with Gasteiger partial charge in [0.1, 0.15) is 5.76 Å². The number of para-hydroxylation sites is 1. The molecule has 0 unspecified atom stereocenters. The van der Waals surface area contributed by atoms with Gasteiger partial charge in [0, 0.05) is 11.3 Å². The lowest BCUT2D eigenvalue weighted by molar-refractivity contribution is 0.392. The largest absolute Gasteiger partial charge is 0.361 e. The summed E-state index contributed by atoms with van der Waals surface area (Å²) in [7, 11) is 0. The molecule has 0 N–H and O–H groups in total. The molecule has 2 heterocycles. The summed E-state index contributed by atoms with van der Waals surface area (Å²) in [5, 5.41) is 5.27. The Labute approximate surface area is 161 Å². The van der Waals surface area contributed by atoms with E-state index in [1.807, 2.05) is 69.3 Å². The molecule has 0 radical (unpaired) electrons. The summed E-state index contributed by atoms with van der Waals surface area (Å²) in [6, 6.07) is 15.4. The molecule has 0 aliphatic carbocycles. The molecule has 0 aliphatic rings. The Morgan fingerprint density at radius 2 is 1.78 bits per heavy atom. The summed E-state index contributed by atoms with van der Waals surface area (Å²) in [5.41, 5.74) is 4.50. The fraction of sp³-hybridized carbons (Fsp3) is 0.190. The van der Waals surface area contributed by atoms with E-state index in [2.05, 4.69) is 5.16 Å². The second-order valence-corrected chi connectivity index (χ2v) is 7.42. The lowest BCUT2D eigenvalue weighted by atomic mass is 10.2. The van der Waals surface area contributed by atoms with Crippen molar-refractivity contribution < 1.29 is 4.52 Å². The third-order valence-electron chi connectivity index (χ3n) is 4.56. The molecule has 0 amide bonds. The summed E-state index contributed by atoms with van der Waals surface area (Å²) in [4.78, 5) is 18.0. The molecule has 0 aliphatic heterocycles. The summed E-state index contributed by atoms with van der Waals surface area (Å²) in [6.45, 7) is 5.85. The summed E-state index contributed by atoms with van der Waals surface area (Å²) in [5.74, 6) is 1.43. The van der Waals surface area contributed by atoms with Crippen LogP contribution in [0.2, 0.25) is 0 Å². The molecular weight excluding hydrogens is 358 g/mol. The van der Waals surface area contributed by atoms with Crippen molar-refractivity contribution >= 4 is 22.7 Å². The first kappa shape index (κ1) is 17.5. The summed E-state index contributed by atoms with van der Waals surface area (Å²) < 4.78 is 6.94. The van der Waals surface area contributed by atoms with E-state index in [1.54, 1.807) is 4.57 Å². The predicted octanol–water partition coefficient (Wildman–Crippen LogP) is 4.59. The number of hydrogen-bond acceptors (Lipinski definition) is 5. The Balaban J connectivity index is 1.86. The van der Waals surface area contributed by atoms with Crippen molar-refractivity contribution in [1.29, 1.82) is 0 Å². The lowest BCUT2D eigenvalue weighted by Crippen LogP contribution is -2.21. The topological polar surface area (TPSA) is 60.9 Å². The van der Waals surface area contributed by atoms with Crippen molar-refractivity contribution in [3.8, 4) is 5.69 Å². The maximum Gasteiger partial charge on any atom is 0.266 e. The van der Waals surface area contributed by atoms with Crippen LogP contribution in [0.3, 0.4) is 0 Å². The minimum Gasteiger partial charge on any atom is -0.361 e. The molecule has 0 fully saturated rings. The Kier molecular flexibility index (Phi) is 4.58. The van der Waals surface area contributed by atoms with E-state index >= 15 is 0 Å². The molecule has 27 heavy (non-hydrogen) atoms.